The van der Waals surface area contributed by atoms with E-state index in [1.807, 2.05) is 0 Å². The number of nitrogens with zero attached hydrogens (tertiary/aromatic N) is 1. The van der Waals surface area contributed by atoms with E-state index in [9.17, 15) is 21.6 Å². The van der Waals surface area contributed by atoms with Crippen LogP contribution >= 0.6 is 0 Å². The third kappa shape index (κ3) is 5.84. The quantitative estimate of drug-likeness (QED) is 0.608. The van der Waals surface area contributed by atoms with E-state index in [1.165, 1.54) is 48.7 Å². The van der Waals surface area contributed by atoms with E-state index in [-0.39, 0.29) is 27.1 Å². The molecule has 0 aromatic heterocycles. The van der Waals surface area contributed by atoms with Gasteiger partial charge < -0.3 is 10.1 Å². The van der Waals surface area contributed by atoms with Gasteiger partial charge in [0.2, 0.25) is 15.9 Å². The Labute approximate surface area is 195 Å². The topological polar surface area (TPSA) is 122 Å². The molecule has 1 aliphatic rings. The molecule has 0 unspecified atom stereocenters. The summed E-state index contributed by atoms with van der Waals surface area (Å²) >= 11 is 0. The first-order valence-corrected chi connectivity index (χ1v) is 13.6. The summed E-state index contributed by atoms with van der Waals surface area (Å²) in [5, 5.41) is 2.54. The Bertz CT molecular complexity index is 1230. The number of hydrogen-bond acceptors (Lipinski definition) is 6. The summed E-state index contributed by atoms with van der Waals surface area (Å²) < 4.78 is 61.6. The van der Waals surface area contributed by atoms with E-state index in [1.54, 1.807) is 13.0 Å². The number of aryl methyl sites for hydroxylation is 1. The van der Waals surface area contributed by atoms with Crippen LogP contribution in [-0.2, 0) is 24.8 Å². The highest BCUT2D eigenvalue weighted by Crippen LogP contribution is 2.30. The van der Waals surface area contributed by atoms with E-state index in [0.717, 1.165) is 25.7 Å². The zero-order valence-corrected chi connectivity index (χ0v) is 20.6. The van der Waals surface area contributed by atoms with E-state index in [4.69, 9.17) is 4.74 Å². The van der Waals surface area contributed by atoms with Crippen molar-refractivity contribution >= 4 is 37.3 Å². The summed E-state index contributed by atoms with van der Waals surface area (Å²) in [4.78, 5) is 11.4. The number of benzene rings is 2. The van der Waals surface area contributed by atoms with E-state index < -0.39 is 20.0 Å². The molecule has 0 spiro atoms. The maximum absolute atomic E-state index is 13.3. The fourth-order valence-electron chi connectivity index (χ4n) is 3.72. The highest BCUT2D eigenvalue weighted by molar-refractivity contribution is 7.92. The second-order valence-corrected chi connectivity index (χ2v) is 11.5. The van der Waals surface area contributed by atoms with Gasteiger partial charge in [-0.25, -0.2) is 16.8 Å². The van der Waals surface area contributed by atoms with Gasteiger partial charge in [-0.1, -0.05) is 18.9 Å². The molecule has 0 radical (unpaired) electrons. The first kappa shape index (κ1) is 25.0. The van der Waals surface area contributed by atoms with Crippen LogP contribution in [0.25, 0.3) is 0 Å². The minimum Gasteiger partial charge on any atom is -0.495 e. The summed E-state index contributed by atoms with van der Waals surface area (Å²) in [6.45, 7) is 3.90. The normalized spacial score (nSPS) is 15.5. The Hall–Kier alpha value is -2.63. The molecule has 2 N–H and O–H groups in total. The van der Waals surface area contributed by atoms with Crippen LogP contribution in [0.2, 0.25) is 0 Å². The van der Waals surface area contributed by atoms with Crippen LogP contribution in [0.3, 0.4) is 0 Å². The van der Waals surface area contributed by atoms with E-state index in [2.05, 4.69) is 10.0 Å². The Morgan fingerprint density at radius 3 is 2.24 bits per heavy atom. The van der Waals surface area contributed by atoms with Gasteiger partial charge in [-0.2, -0.15) is 4.31 Å². The van der Waals surface area contributed by atoms with Crippen LogP contribution in [-0.4, -0.2) is 47.2 Å². The van der Waals surface area contributed by atoms with Gasteiger partial charge in [-0.15, -0.1) is 0 Å². The minimum absolute atomic E-state index is 0.0817. The van der Waals surface area contributed by atoms with Gasteiger partial charge in [0.05, 0.1) is 28.3 Å². The lowest BCUT2D eigenvalue weighted by atomic mass is 10.2. The molecule has 3 rings (SSSR count). The summed E-state index contributed by atoms with van der Waals surface area (Å²) in [6.07, 6.45) is 3.59. The van der Waals surface area contributed by atoms with Crippen LogP contribution < -0.4 is 14.8 Å². The highest BCUT2D eigenvalue weighted by Gasteiger charge is 2.27. The molecule has 0 bridgehead atoms. The van der Waals surface area contributed by atoms with Crippen molar-refractivity contribution in [2.45, 2.75) is 49.3 Å². The minimum atomic E-state index is -4.07. The van der Waals surface area contributed by atoms with Crippen molar-refractivity contribution in [3.8, 4) is 5.75 Å². The summed E-state index contributed by atoms with van der Waals surface area (Å²) in [6, 6.07) is 8.52. The lowest BCUT2D eigenvalue weighted by molar-refractivity contribution is -0.114. The highest BCUT2D eigenvalue weighted by atomic mass is 32.2. The predicted molar refractivity (Wildman–Crippen MR) is 127 cm³/mol. The number of rotatable bonds is 7. The van der Waals surface area contributed by atoms with Crippen molar-refractivity contribution in [1.82, 2.24) is 4.31 Å². The molecule has 1 heterocycles. The Morgan fingerprint density at radius 1 is 0.970 bits per heavy atom. The maximum Gasteiger partial charge on any atom is 0.261 e. The van der Waals surface area contributed by atoms with Crippen molar-refractivity contribution in [2.75, 3.05) is 30.2 Å². The van der Waals surface area contributed by atoms with Crippen LogP contribution in [0, 0.1) is 6.92 Å². The molecule has 1 aliphatic heterocycles. The number of carbonyl (C=O) groups is 1. The van der Waals surface area contributed by atoms with Crippen molar-refractivity contribution in [2.24, 2.45) is 0 Å². The van der Waals surface area contributed by atoms with Crippen LogP contribution in [0.1, 0.15) is 38.2 Å². The molecule has 1 fully saturated rings. The van der Waals surface area contributed by atoms with Crippen LogP contribution in [0.4, 0.5) is 11.4 Å². The van der Waals surface area contributed by atoms with E-state index in [0.29, 0.717) is 24.4 Å². The van der Waals surface area contributed by atoms with Gasteiger partial charge in [0.25, 0.3) is 10.0 Å². The lowest BCUT2D eigenvalue weighted by Crippen LogP contribution is -2.32. The first-order valence-electron chi connectivity index (χ1n) is 10.6. The van der Waals surface area contributed by atoms with Gasteiger partial charge in [-0.05, 0) is 55.7 Å². The van der Waals surface area contributed by atoms with Crippen LogP contribution in [0.5, 0.6) is 5.75 Å². The zero-order chi connectivity index (χ0) is 24.2. The number of methoxy groups -OCH3 is 1. The molecule has 2 aromatic carbocycles. The molecule has 1 saturated heterocycles. The van der Waals surface area contributed by atoms with Gasteiger partial charge in [-0.3, -0.25) is 9.52 Å². The Morgan fingerprint density at radius 2 is 1.64 bits per heavy atom. The molecule has 0 aliphatic carbocycles. The smallest absolute Gasteiger partial charge is 0.261 e. The standard InChI is InChI=1S/C22H29N3O6S2/c1-16-8-9-18(14-22(16)33(29,30)25-12-6-4-5-7-13-25)24-32(27,28)19-10-11-21(31-3)20(15-19)23-17(2)26/h8-11,14-15,24H,4-7,12-13H2,1-3H3,(H,23,26). The van der Waals surface area contributed by atoms with Crippen molar-refractivity contribution in [1.29, 1.82) is 0 Å². The third-order valence-corrected chi connectivity index (χ3v) is 8.83. The second-order valence-electron chi connectivity index (χ2n) is 7.95. The summed E-state index contributed by atoms with van der Waals surface area (Å²) in [5.41, 5.74) is 0.881. The molecule has 0 atom stereocenters. The average Bonchev–Trinajstić information content (AvgIpc) is 3.04. The number of ether oxygens (including phenoxy) is 1. The number of carbonyl (C=O) groups excluding carboxylic acids is 1. The van der Waals surface area contributed by atoms with Crippen molar-refractivity contribution in [3.05, 3.63) is 42.0 Å². The fourth-order valence-corrected chi connectivity index (χ4v) is 6.56. The third-order valence-electron chi connectivity index (χ3n) is 5.42. The molecule has 1 amide bonds. The Balaban J connectivity index is 1.93. The monoisotopic (exact) mass is 495 g/mol. The molecule has 2 aromatic rings. The van der Waals surface area contributed by atoms with E-state index >= 15 is 0 Å². The van der Waals surface area contributed by atoms with Gasteiger partial charge in [0, 0.05) is 20.0 Å². The maximum atomic E-state index is 13.3. The fraction of sp³-hybridized carbons (Fsp3) is 0.409. The lowest BCUT2D eigenvalue weighted by Gasteiger charge is -2.21. The molecule has 0 saturated carbocycles. The summed E-state index contributed by atoms with van der Waals surface area (Å²) in [5.74, 6) is -0.0666. The van der Waals surface area contributed by atoms with Crippen molar-refractivity contribution < 1.29 is 26.4 Å². The summed E-state index contributed by atoms with van der Waals surface area (Å²) in [7, 11) is -6.41. The number of amides is 1. The second kappa shape index (κ2) is 10.1. The predicted octanol–water partition coefficient (Wildman–Crippen LogP) is 3.33. The molecule has 33 heavy (non-hydrogen) atoms. The number of anilines is 2. The molecule has 9 nitrogen and oxygen atoms in total. The molecular formula is C22H29N3O6S2. The molecule has 11 heteroatoms. The van der Waals surface area contributed by atoms with Crippen molar-refractivity contribution in [3.63, 3.8) is 0 Å². The van der Waals surface area contributed by atoms with Gasteiger partial charge >= 0.3 is 0 Å². The Kier molecular flexibility index (Phi) is 7.65. The molecule has 180 valence electrons. The first-order chi connectivity index (χ1) is 15.5. The largest absolute Gasteiger partial charge is 0.495 e. The van der Waals surface area contributed by atoms with Crippen LogP contribution in [0.15, 0.2) is 46.2 Å². The van der Waals surface area contributed by atoms with Gasteiger partial charge in [0.1, 0.15) is 5.75 Å². The number of hydrogen-bond donors (Lipinski definition) is 2. The zero-order valence-electron chi connectivity index (χ0n) is 18.9. The molecular weight excluding hydrogens is 466 g/mol. The number of sulfonamides is 2. The average molecular weight is 496 g/mol. The SMILES string of the molecule is COc1ccc(S(=O)(=O)Nc2ccc(C)c(S(=O)(=O)N3CCCCCC3)c2)cc1NC(C)=O. The number of nitrogens with one attached hydrogen (secondary N) is 2. The van der Waals surface area contributed by atoms with Gasteiger partial charge in [0.15, 0.2) is 0 Å².